The van der Waals surface area contributed by atoms with Crippen molar-refractivity contribution in [3.8, 4) is 0 Å². The number of carboxylic acids is 1. The van der Waals surface area contributed by atoms with Gasteiger partial charge in [0.2, 0.25) is 0 Å². The Morgan fingerprint density at radius 1 is 1.19 bits per heavy atom. The van der Waals surface area contributed by atoms with Gasteiger partial charge in [0.1, 0.15) is 0 Å². The summed E-state index contributed by atoms with van der Waals surface area (Å²) in [5.41, 5.74) is 1.81. The van der Waals surface area contributed by atoms with Crippen LogP contribution in [0.1, 0.15) is 30.0 Å². The van der Waals surface area contributed by atoms with Crippen LogP contribution in [0.4, 0.5) is 0 Å². The normalized spacial score (nSPS) is 13.7. The van der Waals surface area contributed by atoms with Gasteiger partial charge >= 0.3 is 5.97 Å². The second kappa shape index (κ2) is 6.31. The van der Waals surface area contributed by atoms with Crippen molar-refractivity contribution in [3.63, 3.8) is 0 Å². The lowest BCUT2D eigenvalue weighted by Gasteiger charge is -2.29. The number of hydrogen-bond acceptors (Lipinski definition) is 1. The summed E-state index contributed by atoms with van der Waals surface area (Å²) in [6, 6.07) is 15.2. The number of halogens is 1. The average molecular weight is 303 g/mol. The minimum atomic E-state index is -0.944. The molecule has 0 amide bonds. The molecule has 0 radical (unpaired) electrons. The maximum Gasteiger partial charge on any atom is 0.314 e. The molecular weight excluding hydrogens is 284 g/mol. The minimum Gasteiger partial charge on any atom is -0.481 e. The van der Waals surface area contributed by atoms with Gasteiger partial charge in [0, 0.05) is 5.02 Å². The molecule has 0 saturated heterocycles. The highest BCUT2D eigenvalue weighted by molar-refractivity contribution is 6.31. The van der Waals surface area contributed by atoms with Gasteiger partial charge in [0.05, 0.1) is 5.41 Å². The maximum atomic E-state index is 12.0. The summed E-state index contributed by atoms with van der Waals surface area (Å²) in [6.07, 6.45) is 0.901. The van der Waals surface area contributed by atoms with Crippen molar-refractivity contribution >= 4 is 17.6 Å². The number of aliphatic carboxylic acids is 1. The first kappa shape index (κ1) is 15.6. The first-order valence-corrected chi connectivity index (χ1v) is 7.41. The van der Waals surface area contributed by atoms with Crippen LogP contribution in [-0.2, 0) is 16.6 Å². The molecule has 2 rings (SSSR count). The van der Waals surface area contributed by atoms with Crippen molar-refractivity contribution in [3.05, 3.63) is 70.2 Å². The molecule has 1 unspecified atom stereocenters. The van der Waals surface area contributed by atoms with E-state index >= 15 is 0 Å². The third-order valence-electron chi connectivity index (χ3n) is 4.04. The van der Waals surface area contributed by atoms with Crippen molar-refractivity contribution in [1.82, 2.24) is 0 Å². The van der Waals surface area contributed by atoms with E-state index in [1.165, 1.54) is 0 Å². The second-order valence-corrected chi connectivity index (χ2v) is 5.79. The largest absolute Gasteiger partial charge is 0.481 e. The predicted molar refractivity (Wildman–Crippen MR) is 85.9 cm³/mol. The van der Waals surface area contributed by atoms with E-state index in [2.05, 4.69) is 0 Å². The third kappa shape index (κ3) is 3.11. The molecule has 0 spiro atoms. The SMILES string of the molecule is CCC(Cc1ccc(C)cc1Cl)(C(=O)O)c1ccccc1. The Kier molecular flexibility index (Phi) is 4.69. The Morgan fingerprint density at radius 2 is 1.86 bits per heavy atom. The smallest absolute Gasteiger partial charge is 0.314 e. The molecule has 0 aliphatic carbocycles. The van der Waals surface area contributed by atoms with Crippen LogP contribution in [0.5, 0.6) is 0 Å². The lowest BCUT2D eigenvalue weighted by molar-refractivity contribution is -0.144. The van der Waals surface area contributed by atoms with Crippen LogP contribution in [0.25, 0.3) is 0 Å². The molecule has 0 fully saturated rings. The fourth-order valence-electron chi connectivity index (χ4n) is 2.66. The molecular formula is C18H19ClO2. The first-order valence-electron chi connectivity index (χ1n) is 7.03. The van der Waals surface area contributed by atoms with E-state index < -0.39 is 11.4 Å². The van der Waals surface area contributed by atoms with Crippen LogP contribution in [0.2, 0.25) is 5.02 Å². The van der Waals surface area contributed by atoms with Crippen molar-refractivity contribution in [2.24, 2.45) is 0 Å². The second-order valence-electron chi connectivity index (χ2n) is 5.38. The number of aryl methyl sites for hydroxylation is 1. The Labute approximate surface area is 130 Å². The van der Waals surface area contributed by atoms with E-state index in [9.17, 15) is 9.90 Å². The van der Waals surface area contributed by atoms with Crippen molar-refractivity contribution in [2.45, 2.75) is 32.1 Å². The fourth-order valence-corrected chi connectivity index (χ4v) is 2.96. The average Bonchev–Trinajstić information content (AvgIpc) is 2.47. The minimum absolute atomic E-state index is 0.391. The number of carboxylic acid groups (broad SMARTS) is 1. The van der Waals surface area contributed by atoms with Crippen LogP contribution < -0.4 is 0 Å². The summed E-state index contributed by atoms with van der Waals surface area (Å²) in [5, 5.41) is 10.5. The molecule has 0 aliphatic heterocycles. The molecule has 0 saturated carbocycles. The van der Waals surface area contributed by atoms with E-state index in [-0.39, 0.29) is 0 Å². The summed E-state index contributed by atoms with van der Waals surface area (Å²) in [5.74, 6) is -0.812. The number of hydrogen-bond donors (Lipinski definition) is 1. The zero-order valence-electron chi connectivity index (χ0n) is 12.3. The van der Waals surface area contributed by atoms with Gasteiger partial charge in [-0.25, -0.2) is 0 Å². The maximum absolute atomic E-state index is 12.0. The van der Waals surface area contributed by atoms with Crippen molar-refractivity contribution in [2.75, 3.05) is 0 Å². The highest BCUT2D eigenvalue weighted by Crippen LogP contribution is 2.34. The molecule has 1 N–H and O–H groups in total. The van der Waals surface area contributed by atoms with E-state index in [0.717, 1.165) is 16.7 Å². The monoisotopic (exact) mass is 302 g/mol. The summed E-state index contributed by atoms with van der Waals surface area (Å²) >= 11 is 6.29. The molecule has 3 heteroatoms. The summed E-state index contributed by atoms with van der Waals surface area (Å²) in [6.45, 7) is 3.88. The highest BCUT2D eigenvalue weighted by atomic mass is 35.5. The molecule has 2 aromatic rings. The quantitative estimate of drug-likeness (QED) is 0.874. The van der Waals surface area contributed by atoms with Gasteiger partial charge in [-0.05, 0) is 42.5 Å². The van der Waals surface area contributed by atoms with Gasteiger partial charge in [0.15, 0.2) is 0 Å². The fraction of sp³-hybridized carbons (Fsp3) is 0.278. The number of rotatable bonds is 5. The molecule has 0 bridgehead atoms. The topological polar surface area (TPSA) is 37.3 Å². The van der Waals surface area contributed by atoms with Crippen LogP contribution in [0, 0.1) is 6.92 Å². The van der Waals surface area contributed by atoms with Crippen LogP contribution in [0.3, 0.4) is 0 Å². The molecule has 0 heterocycles. The molecule has 1 atom stereocenters. The Hall–Kier alpha value is -1.80. The molecule has 110 valence electrons. The zero-order valence-corrected chi connectivity index (χ0v) is 13.0. The number of carbonyl (C=O) groups is 1. The predicted octanol–water partition coefficient (Wildman–Crippen LogP) is 4.62. The molecule has 0 aromatic heterocycles. The molecule has 0 aliphatic rings. The van der Waals surface area contributed by atoms with Gasteiger partial charge in [-0.3, -0.25) is 4.79 Å². The summed E-state index contributed by atoms with van der Waals surface area (Å²) < 4.78 is 0. The van der Waals surface area contributed by atoms with Gasteiger partial charge in [0.25, 0.3) is 0 Å². The number of benzene rings is 2. The Bertz CT molecular complexity index is 637. The Balaban J connectivity index is 2.49. The van der Waals surface area contributed by atoms with Crippen LogP contribution in [0.15, 0.2) is 48.5 Å². The lowest BCUT2D eigenvalue weighted by Crippen LogP contribution is -2.37. The van der Waals surface area contributed by atoms with E-state index in [4.69, 9.17) is 11.6 Å². The van der Waals surface area contributed by atoms with Gasteiger partial charge in [-0.2, -0.15) is 0 Å². The summed E-state index contributed by atoms with van der Waals surface area (Å²) in [4.78, 5) is 12.0. The van der Waals surface area contributed by atoms with Gasteiger partial charge < -0.3 is 5.11 Å². The summed E-state index contributed by atoms with van der Waals surface area (Å²) in [7, 11) is 0. The van der Waals surface area contributed by atoms with E-state index in [1.807, 2.05) is 62.4 Å². The first-order chi connectivity index (χ1) is 9.99. The highest BCUT2D eigenvalue weighted by Gasteiger charge is 2.39. The molecule has 21 heavy (non-hydrogen) atoms. The molecule has 2 nitrogen and oxygen atoms in total. The zero-order chi connectivity index (χ0) is 15.5. The van der Waals surface area contributed by atoms with Crippen LogP contribution >= 0.6 is 11.6 Å². The Morgan fingerprint density at radius 3 is 2.38 bits per heavy atom. The van der Waals surface area contributed by atoms with Crippen LogP contribution in [-0.4, -0.2) is 11.1 Å². The standard InChI is InChI=1S/C18H19ClO2/c1-3-18(17(20)21,15-7-5-4-6-8-15)12-14-10-9-13(2)11-16(14)19/h4-11H,3,12H2,1-2H3,(H,20,21). The van der Waals surface area contributed by atoms with Gasteiger partial charge in [-0.1, -0.05) is 61.0 Å². The third-order valence-corrected chi connectivity index (χ3v) is 4.39. The van der Waals surface area contributed by atoms with Gasteiger partial charge in [-0.15, -0.1) is 0 Å². The van der Waals surface area contributed by atoms with Crippen molar-refractivity contribution in [1.29, 1.82) is 0 Å². The van der Waals surface area contributed by atoms with Crippen molar-refractivity contribution < 1.29 is 9.90 Å². The van der Waals surface area contributed by atoms with E-state index in [0.29, 0.717) is 17.9 Å². The lowest BCUT2D eigenvalue weighted by atomic mass is 9.73. The van der Waals surface area contributed by atoms with E-state index in [1.54, 1.807) is 0 Å². The molecule has 2 aromatic carbocycles.